The molecule has 0 aliphatic rings. The number of amides is 1. The van der Waals surface area contributed by atoms with Gasteiger partial charge in [-0.05, 0) is 60.5 Å². The molecule has 2 N–H and O–H groups in total. The van der Waals surface area contributed by atoms with Crippen LogP contribution in [0.1, 0.15) is 28.4 Å². The zero-order valence-corrected chi connectivity index (χ0v) is 13.6. The minimum atomic E-state index is -0.739. The fraction of sp³-hybridized carbons (Fsp3) is 0.150. The second-order valence-electron chi connectivity index (χ2n) is 5.75. The van der Waals surface area contributed by atoms with Crippen LogP contribution in [0.4, 0.5) is 4.39 Å². The lowest BCUT2D eigenvalue weighted by atomic mass is 10.1. The Hall–Kier alpha value is -2.92. The molecule has 0 spiro atoms. The Labute approximate surface area is 145 Å². The maximum absolute atomic E-state index is 12.9. The number of nitrogens with one attached hydrogen (secondary N) is 1. The van der Waals surface area contributed by atoms with Gasteiger partial charge in [-0.2, -0.15) is 0 Å². The van der Waals surface area contributed by atoms with Gasteiger partial charge >= 0.3 is 0 Å². The summed E-state index contributed by atoms with van der Waals surface area (Å²) in [5.74, 6) is -0.530. The molecule has 1 heterocycles. The van der Waals surface area contributed by atoms with Gasteiger partial charge in [-0.25, -0.2) is 4.39 Å². The van der Waals surface area contributed by atoms with Crippen molar-refractivity contribution in [1.29, 1.82) is 0 Å². The molecule has 0 aliphatic heterocycles. The standard InChI is InChI=1S/C20H19FN2O2/c21-17-7-3-15(4-8-17)19(24)11-12-22-20(25)16-5-9-18(10-6-16)23-13-1-2-14-23/h1-10,13-14,19,24H,11-12H2,(H,22,25). The van der Waals surface area contributed by atoms with Gasteiger partial charge in [0.25, 0.3) is 5.91 Å². The van der Waals surface area contributed by atoms with Gasteiger partial charge in [-0.1, -0.05) is 12.1 Å². The van der Waals surface area contributed by atoms with E-state index in [0.29, 0.717) is 24.1 Å². The van der Waals surface area contributed by atoms with Gasteiger partial charge in [0.1, 0.15) is 5.82 Å². The molecule has 25 heavy (non-hydrogen) atoms. The molecule has 3 aromatic rings. The summed E-state index contributed by atoms with van der Waals surface area (Å²) in [6, 6.07) is 16.9. The van der Waals surface area contributed by atoms with Crippen molar-refractivity contribution >= 4 is 5.91 Å². The molecule has 2 aromatic carbocycles. The van der Waals surface area contributed by atoms with Gasteiger partial charge in [-0.15, -0.1) is 0 Å². The Balaban J connectivity index is 1.51. The number of halogens is 1. The average Bonchev–Trinajstić information content (AvgIpc) is 3.17. The van der Waals surface area contributed by atoms with Crippen LogP contribution in [0.2, 0.25) is 0 Å². The molecule has 0 saturated carbocycles. The summed E-state index contributed by atoms with van der Waals surface area (Å²) < 4.78 is 14.8. The Morgan fingerprint density at radius 2 is 1.68 bits per heavy atom. The van der Waals surface area contributed by atoms with Gasteiger partial charge in [-0.3, -0.25) is 4.79 Å². The van der Waals surface area contributed by atoms with Crippen molar-refractivity contribution < 1.29 is 14.3 Å². The van der Waals surface area contributed by atoms with Crippen LogP contribution in [-0.2, 0) is 0 Å². The van der Waals surface area contributed by atoms with Gasteiger partial charge in [0.15, 0.2) is 0 Å². The van der Waals surface area contributed by atoms with E-state index in [1.165, 1.54) is 12.1 Å². The van der Waals surface area contributed by atoms with Crippen molar-refractivity contribution in [2.45, 2.75) is 12.5 Å². The predicted molar refractivity (Wildman–Crippen MR) is 94.1 cm³/mol. The Morgan fingerprint density at radius 1 is 1.04 bits per heavy atom. The number of hydrogen-bond acceptors (Lipinski definition) is 2. The monoisotopic (exact) mass is 338 g/mol. The Bertz CT molecular complexity index is 812. The summed E-state index contributed by atoms with van der Waals surface area (Å²) in [7, 11) is 0. The van der Waals surface area contributed by atoms with Crippen LogP contribution in [0.3, 0.4) is 0 Å². The average molecular weight is 338 g/mol. The van der Waals surface area contributed by atoms with Gasteiger partial charge < -0.3 is 15.0 Å². The van der Waals surface area contributed by atoms with E-state index in [1.807, 2.05) is 41.2 Å². The largest absolute Gasteiger partial charge is 0.388 e. The zero-order valence-electron chi connectivity index (χ0n) is 13.6. The van der Waals surface area contributed by atoms with E-state index in [-0.39, 0.29) is 11.7 Å². The van der Waals surface area contributed by atoms with E-state index in [4.69, 9.17) is 0 Å². The van der Waals surface area contributed by atoms with E-state index >= 15 is 0 Å². The molecule has 0 bridgehead atoms. The van der Waals surface area contributed by atoms with Crippen molar-refractivity contribution in [2.24, 2.45) is 0 Å². The lowest BCUT2D eigenvalue weighted by Crippen LogP contribution is -2.25. The molecule has 0 radical (unpaired) electrons. The number of hydrogen-bond donors (Lipinski definition) is 2. The number of aliphatic hydroxyl groups is 1. The Morgan fingerprint density at radius 3 is 2.32 bits per heavy atom. The van der Waals surface area contributed by atoms with Crippen molar-refractivity contribution in [3.05, 3.63) is 90.0 Å². The lowest BCUT2D eigenvalue weighted by molar-refractivity contribution is 0.0942. The first kappa shape index (κ1) is 16.9. The summed E-state index contributed by atoms with van der Waals surface area (Å²) in [5.41, 5.74) is 2.17. The second kappa shape index (κ2) is 7.77. The number of rotatable bonds is 6. The molecular formula is C20H19FN2O2. The third-order valence-corrected chi connectivity index (χ3v) is 3.99. The van der Waals surface area contributed by atoms with E-state index in [0.717, 1.165) is 5.69 Å². The van der Waals surface area contributed by atoms with E-state index in [9.17, 15) is 14.3 Å². The SMILES string of the molecule is O=C(NCCC(O)c1ccc(F)cc1)c1ccc(-n2cccc2)cc1. The minimum absolute atomic E-state index is 0.189. The summed E-state index contributed by atoms with van der Waals surface area (Å²) in [6.45, 7) is 0.330. The fourth-order valence-electron chi connectivity index (χ4n) is 2.57. The summed E-state index contributed by atoms with van der Waals surface area (Å²) in [5, 5.41) is 12.8. The van der Waals surface area contributed by atoms with E-state index in [2.05, 4.69) is 5.32 Å². The van der Waals surface area contributed by atoms with Crippen LogP contribution in [0.25, 0.3) is 5.69 Å². The molecule has 1 atom stereocenters. The topological polar surface area (TPSA) is 54.3 Å². The summed E-state index contributed by atoms with van der Waals surface area (Å²) in [6.07, 6.45) is 3.49. The maximum atomic E-state index is 12.9. The highest BCUT2D eigenvalue weighted by Crippen LogP contribution is 2.16. The highest BCUT2D eigenvalue weighted by Gasteiger charge is 2.10. The van der Waals surface area contributed by atoms with Crippen molar-refractivity contribution in [3.8, 4) is 5.69 Å². The number of carbonyl (C=O) groups excluding carboxylic acids is 1. The molecular weight excluding hydrogens is 319 g/mol. The van der Waals surface area contributed by atoms with E-state index < -0.39 is 6.10 Å². The molecule has 0 fully saturated rings. The highest BCUT2D eigenvalue weighted by atomic mass is 19.1. The van der Waals surface area contributed by atoms with Crippen LogP contribution in [0.15, 0.2) is 73.1 Å². The van der Waals surface area contributed by atoms with Gasteiger partial charge in [0, 0.05) is 30.2 Å². The van der Waals surface area contributed by atoms with Crippen LogP contribution in [0, 0.1) is 5.82 Å². The quantitative estimate of drug-likeness (QED) is 0.723. The van der Waals surface area contributed by atoms with Crippen LogP contribution < -0.4 is 5.32 Å². The molecule has 0 aliphatic carbocycles. The number of nitrogens with zero attached hydrogens (tertiary/aromatic N) is 1. The molecule has 1 unspecified atom stereocenters. The summed E-state index contributed by atoms with van der Waals surface area (Å²) in [4.78, 5) is 12.2. The van der Waals surface area contributed by atoms with Gasteiger partial charge in [0.05, 0.1) is 6.10 Å². The molecule has 1 amide bonds. The molecule has 128 valence electrons. The lowest BCUT2D eigenvalue weighted by Gasteiger charge is -2.12. The Kier molecular flexibility index (Phi) is 5.26. The van der Waals surface area contributed by atoms with Crippen LogP contribution in [0.5, 0.6) is 0 Å². The smallest absolute Gasteiger partial charge is 0.251 e. The van der Waals surface area contributed by atoms with E-state index in [1.54, 1.807) is 24.3 Å². The predicted octanol–water partition coefficient (Wildman–Crippen LogP) is 3.47. The normalized spacial score (nSPS) is 11.9. The van der Waals surface area contributed by atoms with Crippen LogP contribution >= 0.6 is 0 Å². The third kappa shape index (κ3) is 4.33. The van der Waals surface area contributed by atoms with Crippen molar-refractivity contribution in [3.63, 3.8) is 0 Å². The maximum Gasteiger partial charge on any atom is 0.251 e. The highest BCUT2D eigenvalue weighted by molar-refractivity contribution is 5.94. The van der Waals surface area contributed by atoms with Gasteiger partial charge in [0.2, 0.25) is 0 Å². The molecule has 4 nitrogen and oxygen atoms in total. The van der Waals surface area contributed by atoms with Crippen molar-refractivity contribution in [2.75, 3.05) is 6.54 Å². The fourth-order valence-corrected chi connectivity index (χ4v) is 2.57. The number of benzene rings is 2. The number of aromatic nitrogens is 1. The first-order chi connectivity index (χ1) is 12.1. The first-order valence-corrected chi connectivity index (χ1v) is 8.08. The molecule has 0 saturated heterocycles. The van der Waals surface area contributed by atoms with Crippen molar-refractivity contribution in [1.82, 2.24) is 9.88 Å². The minimum Gasteiger partial charge on any atom is -0.388 e. The second-order valence-corrected chi connectivity index (χ2v) is 5.75. The zero-order chi connectivity index (χ0) is 17.6. The first-order valence-electron chi connectivity index (χ1n) is 8.08. The molecule has 5 heteroatoms. The number of aliphatic hydroxyl groups excluding tert-OH is 1. The molecule has 1 aromatic heterocycles. The van der Waals surface area contributed by atoms with Crippen LogP contribution in [-0.4, -0.2) is 22.1 Å². The number of carbonyl (C=O) groups is 1. The summed E-state index contributed by atoms with van der Waals surface area (Å²) >= 11 is 0. The molecule has 3 rings (SSSR count). The third-order valence-electron chi connectivity index (χ3n) is 3.99.